The van der Waals surface area contributed by atoms with Gasteiger partial charge in [0.25, 0.3) is 0 Å². The Morgan fingerprint density at radius 3 is 3.00 bits per heavy atom. The average molecular weight is 313 g/mol. The summed E-state index contributed by atoms with van der Waals surface area (Å²) in [6.07, 6.45) is 10.8. The van der Waals surface area contributed by atoms with E-state index in [0.717, 1.165) is 19.4 Å². The predicted octanol–water partition coefficient (Wildman–Crippen LogP) is 1.97. The summed E-state index contributed by atoms with van der Waals surface area (Å²) in [5, 5.41) is 10.0. The minimum Gasteiger partial charge on any atom is -0.493 e. The number of aliphatic hydroxyl groups is 1. The second-order valence-corrected chi connectivity index (χ2v) is 6.31. The van der Waals surface area contributed by atoms with E-state index < -0.39 is 0 Å². The lowest BCUT2D eigenvalue weighted by atomic mass is 9.69. The Hall–Kier alpha value is -1.96. The van der Waals surface area contributed by atoms with E-state index in [9.17, 15) is 5.11 Å². The van der Waals surface area contributed by atoms with Crippen LogP contribution in [0.15, 0.2) is 30.4 Å². The first kappa shape index (κ1) is 15.9. The Morgan fingerprint density at radius 1 is 1.43 bits per heavy atom. The molecular weight excluding hydrogens is 290 g/mol. The smallest absolute Gasteiger partial charge is 0.162 e. The molecule has 1 saturated heterocycles. The van der Waals surface area contributed by atoms with E-state index in [2.05, 4.69) is 30.0 Å². The predicted molar refractivity (Wildman–Crippen MR) is 89.8 cm³/mol. The topological polar surface area (TPSA) is 41.9 Å². The molecule has 1 N–H and O–H groups in total. The summed E-state index contributed by atoms with van der Waals surface area (Å²) in [5.74, 6) is 3.85. The lowest BCUT2D eigenvalue weighted by Gasteiger charge is -2.39. The van der Waals surface area contributed by atoms with Crippen molar-refractivity contribution in [1.82, 2.24) is 4.90 Å². The molecule has 122 valence electrons. The van der Waals surface area contributed by atoms with Crippen molar-refractivity contribution in [2.24, 2.45) is 0 Å². The number of ether oxygens (including phenoxy) is 2. The molecule has 1 aliphatic carbocycles. The zero-order chi connectivity index (χ0) is 16.4. The molecule has 1 aromatic carbocycles. The standard InChI is InChI=1S/C19H23NO3/c1-4-11-23-17-12-14(5-6-16(17)22-3)19-8-7-15(21)13-18(19)20(2)10-9-19/h1,5-8,12,15,18,21H,9-11,13H2,2-3H3/t15-,18-,19-/m0/s1. The Balaban J connectivity index is 2.03. The number of methoxy groups -OCH3 is 1. The van der Waals surface area contributed by atoms with E-state index in [-0.39, 0.29) is 24.2 Å². The number of likely N-dealkylation sites (N-methyl/N-ethyl adjacent to an activating group) is 1. The van der Waals surface area contributed by atoms with E-state index in [0.29, 0.717) is 11.5 Å². The van der Waals surface area contributed by atoms with Crippen LogP contribution < -0.4 is 9.47 Å². The molecule has 0 spiro atoms. The highest BCUT2D eigenvalue weighted by atomic mass is 16.5. The SMILES string of the molecule is C#CCOc1cc([C@@]23C=C[C@H](O)C[C@@H]2N(C)CC3)ccc1OC. The molecule has 4 heteroatoms. The maximum absolute atomic E-state index is 10.0. The minimum atomic E-state index is -0.371. The van der Waals surface area contributed by atoms with E-state index in [1.54, 1.807) is 7.11 Å². The molecule has 4 nitrogen and oxygen atoms in total. The third kappa shape index (κ3) is 2.71. The molecule has 1 fully saturated rings. The first-order chi connectivity index (χ1) is 11.1. The number of aliphatic hydroxyl groups excluding tert-OH is 1. The van der Waals surface area contributed by atoms with Crippen LogP contribution in [0, 0.1) is 12.3 Å². The van der Waals surface area contributed by atoms with E-state index in [1.807, 2.05) is 18.2 Å². The lowest BCUT2D eigenvalue weighted by Crippen LogP contribution is -2.44. The van der Waals surface area contributed by atoms with Gasteiger partial charge in [-0.25, -0.2) is 0 Å². The van der Waals surface area contributed by atoms with Crippen LogP contribution in [0.5, 0.6) is 11.5 Å². The molecule has 2 aliphatic rings. The summed E-state index contributed by atoms with van der Waals surface area (Å²) < 4.78 is 11.0. The monoisotopic (exact) mass is 313 g/mol. The number of hydrogen-bond acceptors (Lipinski definition) is 4. The molecule has 1 heterocycles. The third-order valence-electron chi connectivity index (χ3n) is 5.10. The number of fused-ring (bicyclic) bond motifs is 1. The number of hydrogen-bond donors (Lipinski definition) is 1. The number of nitrogens with zero attached hydrogens (tertiary/aromatic N) is 1. The Bertz CT molecular complexity index is 649. The Kier molecular flexibility index (Phi) is 4.34. The summed E-state index contributed by atoms with van der Waals surface area (Å²) in [7, 11) is 3.75. The normalized spacial score (nSPS) is 29.8. The van der Waals surface area contributed by atoms with E-state index >= 15 is 0 Å². The van der Waals surface area contributed by atoms with Crippen molar-refractivity contribution >= 4 is 0 Å². The van der Waals surface area contributed by atoms with E-state index in [4.69, 9.17) is 15.9 Å². The lowest BCUT2D eigenvalue weighted by molar-refractivity contribution is 0.137. The van der Waals surface area contributed by atoms with Crippen LogP contribution in [-0.4, -0.2) is 49.5 Å². The maximum Gasteiger partial charge on any atom is 0.162 e. The van der Waals surface area contributed by atoms with Crippen LogP contribution in [0.3, 0.4) is 0 Å². The van der Waals surface area contributed by atoms with Gasteiger partial charge in [0.15, 0.2) is 11.5 Å². The van der Waals surface area contributed by atoms with Crippen LogP contribution in [-0.2, 0) is 5.41 Å². The molecule has 0 amide bonds. The molecule has 3 rings (SSSR count). The van der Waals surface area contributed by atoms with Gasteiger partial charge in [-0.05, 0) is 44.1 Å². The molecule has 0 saturated carbocycles. The Morgan fingerprint density at radius 2 is 2.26 bits per heavy atom. The zero-order valence-electron chi connectivity index (χ0n) is 13.7. The van der Waals surface area contributed by atoms with Gasteiger partial charge in [-0.2, -0.15) is 0 Å². The molecule has 1 aromatic rings. The minimum absolute atomic E-state index is 0.0888. The summed E-state index contributed by atoms with van der Waals surface area (Å²) in [4.78, 5) is 2.33. The van der Waals surface area contributed by atoms with Gasteiger partial charge >= 0.3 is 0 Å². The molecule has 0 aromatic heterocycles. The Labute approximate surface area is 137 Å². The fraction of sp³-hybridized carbons (Fsp3) is 0.474. The largest absolute Gasteiger partial charge is 0.493 e. The molecule has 0 radical (unpaired) electrons. The molecule has 3 atom stereocenters. The molecular formula is C19H23NO3. The highest BCUT2D eigenvalue weighted by Crippen LogP contribution is 2.47. The first-order valence-electron chi connectivity index (χ1n) is 7.93. The third-order valence-corrected chi connectivity index (χ3v) is 5.10. The van der Waals surface area contributed by atoms with Crippen molar-refractivity contribution in [2.75, 3.05) is 27.3 Å². The first-order valence-corrected chi connectivity index (χ1v) is 7.93. The molecule has 0 bridgehead atoms. The van der Waals surface area contributed by atoms with Crippen LogP contribution in [0.2, 0.25) is 0 Å². The van der Waals surface area contributed by atoms with Crippen LogP contribution in [0.25, 0.3) is 0 Å². The van der Waals surface area contributed by atoms with Crippen molar-refractivity contribution < 1.29 is 14.6 Å². The summed E-state index contributed by atoms with van der Waals surface area (Å²) >= 11 is 0. The summed E-state index contributed by atoms with van der Waals surface area (Å²) in [6.45, 7) is 1.22. The van der Waals surface area contributed by atoms with Crippen LogP contribution in [0.1, 0.15) is 18.4 Å². The maximum atomic E-state index is 10.0. The number of terminal acetylenes is 1. The summed E-state index contributed by atoms with van der Waals surface area (Å²) in [5.41, 5.74) is 1.09. The van der Waals surface area contributed by atoms with Gasteiger partial charge in [-0.1, -0.05) is 24.1 Å². The van der Waals surface area contributed by atoms with Gasteiger partial charge in [-0.15, -0.1) is 6.42 Å². The van der Waals surface area contributed by atoms with Gasteiger partial charge in [0.05, 0.1) is 13.2 Å². The van der Waals surface area contributed by atoms with E-state index in [1.165, 1.54) is 5.56 Å². The van der Waals surface area contributed by atoms with Gasteiger partial charge in [0.2, 0.25) is 0 Å². The molecule has 23 heavy (non-hydrogen) atoms. The number of likely N-dealkylation sites (tertiary alicyclic amines) is 1. The number of rotatable bonds is 4. The molecule has 1 aliphatic heterocycles. The van der Waals surface area contributed by atoms with Crippen LogP contribution >= 0.6 is 0 Å². The average Bonchev–Trinajstić information content (AvgIpc) is 2.90. The van der Waals surface area contributed by atoms with Gasteiger partial charge in [0.1, 0.15) is 6.61 Å². The highest BCUT2D eigenvalue weighted by molar-refractivity contribution is 5.49. The summed E-state index contributed by atoms with van der Waals surface area (Å²) in [6, 6.07) is 6.35. The second-order valence-electron chi connectivity index (χ2n) is 6.31. The zero-order valence-corrected chi connectivity index (χ0v) is 13.7. The van der Waals surface area contributed by atoms with Crippen LogP contribution in [0.4, 0.5) is 0 Å². The second kappa shape index (κ2) is 6.27. The fourth-order valence-electron chi connectivity index (χ4n) is 3.88. The number of benzene rings is 1. The highest BCUT2D eigenvalue weighted by Gasteiger charge is 2.48. The van der Waals surface area contributed by atoms with Crippen molar-refractivity contribution in [3.8, 4) is 23.8 Å². The van der Waals surface area contributed by atoms with Crippen molar-refractivity contribution in [3.05, 3.63) is 35.9 Å². The molecule has 0 unspecified atom stereocenters. The van der Waals surface area contributed by atoms with Gasteiger partial charge in [-0.3, -0.25) is 0 Å². The van der Waals surface area contributed by atoms with Gasteiger partial charge in [0, 0.05) is 11.5 Å². The van der Waals surface area contributed by atoms with Crippen molar-refractivity contribution in [1.29, 1.82) is 0 Å². The van der Waals surface area contributed by atoms with Gasteiger partial charge < -0.3 is 19.5 Å². The van der Waals surface area contributed by atoms with Crippen molar-refractivity contribution in [3.63, 3.8) is 0 Å². The quantitative estimate of drug-likeness (QED) is 0.682. The van der Waals surface area contributed by atoms with Crippen molar-refractivity contribution in [2.45, 2.75) is 30.4 Å². The fourth-order valence-corrected chi connectivity index (χ4v) is 3.88.